The number of hydrogen-bond acceptors (Lipinski definition) is 7. The second kappa shape index (κ2) is 5.78. The number of esters is 3. The standard InChI is InChI=1S/C13H18O7/c1-6(14)17-5-11-13(19-8(3)16)12(18-7(2)15)9-4-10(9)20-11/h9-13H,4-5H2,1-3H3/t9-,10+,11+,12+,13+/m0/s1. The molecule has 0 aromatic heterocycles. The molecule has 1 heterocycles. The van der Waals surface area contributed by atoms with Crippen LogP contribution >= 0.6 is 0 Å². The molecule has 0 N–H and O–H groups in total. The Bertz CT molecular complexity index is 419. The summed E-state index contributed by atoms with van der Waals surface area (Å²) in [6.07, 6.45) is -1.20. The summed E-state index contributed by atoms with van der Waals surface area (Å²) in [6.45, 7) is 3.83. The molecule has 0 unspecified atom stereocenters. The lowest BCUT2D eigenvalue weighted by Gasteiger charge is -2.35. The quantitative estimate of drug-likeness (QED) is 0.539. The van der Waals surface area contributed by atoms with E-state index >= 15 is 0 Å². The highest BCUT2D eigenvalue weighted by Gasteiger charge is 2.58. The van der Waals surface area contributed by atoms with E-state index in [1.807, 2.05) is 0 Å². The molecule has 5 atom stereocenters. The summed E-state index contributed by atoms with van der Waals surface area (Å²) < 4.78 is 21.1. The summed E-state index contributed by atoms with van der Waals surface area (Å²) in [6, 6.07) is 0. The molecule has 20 heavy (non-hydrogen) atoms. The van der Waals surface area contributed by atoms with Gasteiger partial charge in [0.1, 0.15) is 18.8 Å². The Hall–Kier alpha value is -1.63. The average molecular weight is 286 g/mol. The Morgan fingerprint density at radius 1 is 1.00 bits per heavy atom. The maximum absolute atomic E-state index is 11.2. The first kappa shape index (κ1) is 14.8. The van der Waals surface area contributed by atoms with Gasteiger partial charge in [0.25, 0.3) is 0 Å². The number of ether oxygens (including phenoxy) is 4. The van der Waals surface area contributed by atoms with Crippen molar-refractivity contribution in [2.45, 2.75) is 51.6 Å². The van der Waals surface area contributed by atoms with Crippen molar-refractivity contribution in [2.75, 3.05) is 6.61 Å². The van der Waals surface area contributed by atoms with Crippen LogP contribution in [0.2, 0.25) is 0 Å². The molecule has 2 rings (SSSR count). The van der Waals surface area contributed by atoms with Crippen LogP contribution in [0.4, 0.5) is 0 Å². The van der Waals surface area contributed by atoms with Crippen LogP contribution in [-0.4, -0.2) is 48.9 Å². The van der Waals surface area contributed by atoms with Gasteiger partial charge in [0, 0.05) is 26.7 Å². The van der Waals surface area contributed by atoms with E-state index in [-0.39, 0.29) is 18.6 Å². The normalized spacial score (nSPS) is 34.6. The first-order valence-corrected chi connectivity index (χ1v) is 6.51. The highest BCUT2D eigenvalue weighted by molar-refractivity contribution is 5.68. The molecule has 0 bridgehead atoms. The molecule has 0 amide bonds. The molecule has 7 heteroatoms. The van der Waals surface area contributed by atoms with Gasteiger partial charge in [-0.3, -0.25) is 14.4 Å². The van der Waals surface area contributed by atoms with Crippen molar-refractivity contribution in [1.82, 2.24) is 0 Å². The molecule has 1 aliphatic heterocycles. The summed E-state index contributed by atoms with van der Waals surface area (Å²) in [4.78, 5) is 33.3. The Balaban J connectivity index is 2.09. The van der Waals surface area contributed by atoms with Gasteiger partial charge >= 0.3 is 17.9 Å². The minimum atomic E-state index is -0.750. The van der Waals surface area contributed by atoms with Crippen molar-refractivity contribution < 1.29 is 33.3 Å². The number of carbonyl (C=O) groups excluding carboxylic acids is 3. The van der Waals surface area contributed by atoms with Crippen LogP contribution in [0.15, 0.2) is 0 Å². The Kier molecular flexibility index (Phi) is 4.27. The van der Waals surface area contributed by atoms with E-state index in [0.717, 1.165) is 6.42 Å². The molecule has 0 aromatic carbocycles. The van der Waals surface area contributed by atoms with E-state index in [9.17, 15) is 14.4 Å². The van der Waals surface area contributed by atoms with Gasteiger partial charge in [-0.15, -0.1) is 0 Å². The average Bonchev–Trinajstić information content (AvgIpc) is 3.07. The molecule has 7 nitrogen and oxygen atoms in total. The van der Waals surface area contributed by atoms with Crippen molar-refractivity contribution in [3.05, 3.63) is 0 Å². The van der Waals surface area contributed by atoms with Gasteiger partial charge in [0.05, 0.1) is 6.10 Å². The molecule has 2 fully saturated rings. The number of carbonyl (C=O) groups is 3. The van der Waals surface area contributed by atoms with Crippen molar-refractivity contribution in [3.8, 4) is 0 Å². The first-order valence-electron chi connectivity index (χ1n) is 6.51. The van der Waals surface area contributed by atoms with E-state index in [1.165, 1.54) is 20.8 Å². The molecule has 1 aliphatic carbocycles. The van der Waals surface area contributed by atoms with E-state index < -0.39 is 36.2 Å². The van der Waals surface area contributed by atoms with Crippen LogP contribution in [0.3, 0.4) is 0 Å². The predicted molar refractivity (Wildman–Crippen MR) is 64.5 cm³/mol. The van der Waals surface area contributed by atoms with Crippen LogP contribution in [0.5, 0.6) is 0 Å². The monoisotopic (exact) mass is 286 g/mol. The largest absolute Gasteiger partial charge is 0.463 e. The minimum Gasteiger partial charge on any atom is -0.463 e. The third kappa shape index (κ3) is 3.47. The zero-order chi connectivity index (χ0) is 14.9. The maximum atomic E-state index is 11.2. The summed E-state index contributed by atoms with van der Waals surface area (Å²) in [5, 5.41) is 0. The molecule has 1 saturated carbocycles. The fourth-order valence-corrected chi connectivity index (χ4v) is 2.46. The van der Waals surface area contributed by atoms with Crippen molar-refractivity contribution in [2.24, 2.45) is 5.92 Å². The van der Waals surface area contributed by atoms with E-state index in [2.05, 4.69) is 0 Å². The first-order chi connectivity index (χ1) is 9.38. The lowest BCUT2D eigenvalue weighted by atomic mass is 10.0. The summed E-state index contributed by atoms with van der Waals surface area (Å²) >= 11 is 0. The van der Waals surface area contributed by atoms with Gasteiger partial charge in [-0.1, -0.05) is 0 Å². The molecular weight excluding hydrogens is 268 g/mol. The van der Waals surface area contributed by atoms with Gasteiger partial charge in [0.15, 0.2) is 6.10 Å². The van der Waals surface area contributed by atoms with E-state index in [4.69, 9.17) is 18.9 Å². The van der Waals surface area contributed by atoms with Gasteiger partial charge < -0.3 is 18.9 Å². The third-order valence-corrected chi connectivity index (χ3v) is 3.30. The Morgan fingerprint density at radius 3 is 2.15 bits per heavy atom. The van der Waals surface area contributed by atoms with Gasteiger partial charge in [-0.05, 0) is 6.42 Å². The lowest BCUT2D eigenvalue weighted by molar-refractivity contribution is -0.202. The van der Waals surface area contributed by atoms with Gasteiger partial charge in [0.2, 0.25) is 0 Å². The fraction of sp³-hybridized carbons (Fsp3) is 0.769. The topological polar surface area (TPSA) is 88.1 Å². The molecular formula is C13H18O7. The number of rotatable bonds is 4. The van der Waals surface area contributed by atoms with Crippen LogP contribution in [-0.2, 0) is 33.3 Å². The molecule has 1 saturated heterocycles. The zero-order valence-electron chi connectivity index (χ0n) is 11.7. The van der Waals surface area contributed by atoms with Crippen LogP contribution < -0.4 is 0 Å². The van der Waals surface area contributed by atoms with E-state index in [1.54, 1.807) is 0 Å². The minimum absolute atomic E-state index is 0.0335. The highest BCUT2D eigenvalue weighted by Crippen LogP contribution is 2.46. The zero-order valence-corrected chi connectivity index (χ0v) is 11.7. The smallest absolute Gasteiger partial charge is 0.303 e. The molecule has 0 radical (unpaired) electrons. The molecule has 0 aromatic rings. The molecule has 112 valence electrons. The molecule has 2 aliphatic rings. The van der Waals surface area contributed by atoms with Crippen molar-refractivity contribution in [1.29, 1.82) is 0 Å². The predicted octanol–water partition coefficient (Wildman–Crippen LogP) is 0.200. The summed E-state index contributed by atoms with van der Waals surface area (Å²) in [7, 11) is 0. The van der Waals surface area contributed by atoms with Gasteiger partial charge in [-0.2, -0.15) is 0 Å². The second-order valence-corrected chi connectivity index (χ2v) is 5.06. The van der Waals surface area contributed by atoms with Crippen molar-refractivity contribution in [3.63, 3.8) is 0 Å². The highest BCUT2D eigenvalue weighted by atomic mass is 16.6. The second-order valence-electron chi connectivity index (χ2n) is 5.06. The number of hydrogen-bond donors (Lipinski definition) is 0. The van der Waals surface area contributed by atoms with Crippen LogP contribution in [0, 0.1) is 5.92 Å². The van der Waals surface area contributed by atoms with Crippen LogP contribution in [0.25, 0.3) is 0 Å². The fourth-order valence-electron chi connectivity index (χ4n) is 2.46. The Labute approximate surface area is 116 Å². The SMILES string of the molecule is CC(=O)OC[C@H]1O[C@@H]2C[C@@H]2[C@@H](OC(C)=O)[C@@H]1OC(C)=O. The number of fused-ring (bicyclic) bond motifs is 1. The summed E-state index contributed by atoms with van der Waals surface area (Å²) in [5.41, 5.74) is 0. The van der Waals surface area contributed by atoms with Crippen molar-refractivity contribution >= 4 is 17.9 Å². The van der Waals surface area contributed by atoms with Gasteiger partial charge in [-0.25, -0.2) is 0 Å². The lowest BCUT2D eigenvalue weighted by Crippen LogP contribution is -2.51. The maximum Gasteiger partial charge on any atom is 0.303 e. The molecule has 0 spiro atoms. The Morgan fingerprint density at radius 2 is 1.60 bits per heavy atom. The summed E-state index contributed by atoms with van der Waals surface area (Å²) in [5.74, 6) is -1.34. The van der Waals surface area contributed by atoms with Crippen LogP contribution in [0.1, 0.15) is 27.2 Å². The third-order valence-electron chi connectivity index (χ3n) is 3.30. The van der Waals surface area contributed by atoms with E-state index in [0.29, 0.717) is 0 Å².